The molecule has 26 heavy (non-hydrogen) atoms. The Labute approximate surface area is 158 Å². The largest absolute Gasteiger partial charge is 0.451 e. The number of aryl methyl sites for hydroxylation is 2. The van der Waals surface area contributed by atoms with Crippen molar-refractivity contribution in [2.45, 2.75) is 13.8 Å². The normalized spacial score (nSPS) is 10.6. The second-order valence-corrected chi connectivity index (χ2v) is 6.76. The molecular weight excluding hydrogens is 400 g/mol. The van der Waals surface area contributed by atoms with E-state index in [0.29, 0.717) is 11.3 Å². The average Bonchev–Trinajstić information content (AvgIpc) is 3.08. The molecule has 0 fully saturated rings. The third kappa shape index (κ3) is 3.67. The van der Waals surface area contributed by atoms with Crippen molar-refractivity contribution in [2.24, 2.45) is 0 Å². The molecule has 0 bridgehead atoms. The molecule has 6 nitrogen and oxygen atoms in total. The van der Waals surface area contributed by atoms with Gasteiger partial charge in [-0.1, -0.05) is 28.1 Å². The van der Waals surface area contributed by atoms with Gasteiger partial charge in [-0.3, -0.25) is 14.9 Å². The highest BCUT2D eigenvalue weighted by molar-refractivity contribution is 9.10. The SMILES string of the molecule is Cc1cc(Br)cc(C)c1NC(=O)c1ccc(-c2cccc([N+](=O)[O-])c2)o1. The second kappa shape index (κ2) is 7.13. The third-order valence-electron chi connectivity index (χ3n) is 3.91. The number of benzene rings is 2. The summed E-state index contributed by atoms with van der Waals surface area (Å²) in [4.78, 5) is 22.9. The van der Waals surface area contributed by atoms with E-state index in [4.69, 9.17) is 4.42 Å². The van der Waals surface area contributed by atoms with Crippen molar-refractivity contribution < 1.29 is 14.1 Å². The molecule has 0 saturated carbocycles. The highest BCUT2D eigenvalue weighted by Crippen LogP contribution is 2.28. The van der Waals surface area contributed by atoms with Crippen LogP contribution in [0, 0.1) is 24.0 Å². The van der Waals surface area contributed by atoms with Crippen molar-refractivity contribution in [3.8, 4) is 11.3 Å². The maximum atomic E-state index is 12.5. The molecule has 2 aromatic carbocycles. The maximum Gasteiger partial charge on any atom is 0.291 e. The minimum atomic E-state index is -0.473. The fraction of sp³-hybridized carbons (Fsp3) is 0.105. The number of halogens is 1. The lowest BCUT2D eigenvalue weighted by Gasteiger charge is -2.11. The van der Waals surface area contributed by atoms with Gasteiger partial charge in [-0.2, -0.15) is 0 Å². The highest BCUT2D eigenvalue weighted by Gasteiger charge is 2.16. The van der Waals surface area contributed by atoms with Crippen LogP contribution in [0.4, 0.5) is 11.4 Å². The first-order valence-corrected chi connectivity index (χ1v) is 8.57. The fourth-order valence-corrected chi connectivity index (χ4v) is 3.36. The van der Waals surface area contributed by atoms with E-state index in [2.05, 4.69) is 21.2 Å². The zero-order valence-electron chi connectivity index (χ0n) is 14.1. The van der Waals surface area contributed by atoms with Gasteiger partial charge in [0.05, 0.1) is 4.92 Å². The summed E-state index contributed by atoms with van der Waals surface area (Å²) < 4.78 is 6.54. The van der Waals surface area contributed by atoms with Gasteiger partial charge in [0.2, 0.25) is 0 Å². The van der Waals surface area contributed by atoms with Crippen LogP contribution >= 0.6 is 15.9 Å². The van der Waals surface area contributed by atoms with Crippen LogP contribution in [0.3, 0.4) is 0 Å². The Morgan fingerprint density at radius 2 is 1.81 bits per heavy atom. The van der Waals surface area contributed by atoms with Crippen LogP contribution in [0.15, 0.2) is 57.4 Å². The number of anilines is 1. The summed E-state index contributed by atoms with van der Waals surface area (Å²) in [6.07, 6.45) is 0. The zero-order valence-corrected chi connectivity index (χ0v) is 15.7. The van der Waals surface area contributed by atoms with Gasteiger partial charge in [0.15, 0.2) is 5.76 Å². The lowest BCUT2D eigenvalue weighted by molar-refractivity contribution is -0.384. The first kappa shape index (κ1) is 17.9. The summed E-state index contributed by atoms with van der Waals surface area (Å²) in [5.41, 5.74) is 3.08. The van der Waals surface area contributed by atoms with E-state index in [1.165, 1.54) is 12.1 Å². The van der Waals surface area contributed by atoms with Crippen LogP contribution in [0.2, 0.25) is 0 Å². The Hall–Kier alpha value is -2.93. The second-order valence-electron chi connectivity index (χ2n) is 5.84. The number of hydrogen-bond donors (Lipinski definition) is 1. The topological polar surface area (TPSA) is 85.4 Å². The van der Waals surface area contributed by atoms with Crippen molar-refractivity contribution in [1.29, 1.82) is 0 Å². The number of hydrogen-bond acceptors (Lipinski definition) is 4. The van der Waals surface area contributed by atoms with E-state index in [1.807, 2.05) is 26.0 Å². The molecule has 0 spiro atoms. The van der Waals surface area contributed by atoms with Crippen molar-refractivity contribution in [3.63, 3.8) is 0 Å². The zero-order chi connectivity index (χ0) is 18.8. The molecule has 7 heteroatoms. The van der Waals surface area contributed by atoms with Crippen LogP contribution in [0.25, 0.3) is 11.3 Å². The molecule has 3 aromatic rings. The van der Waals surface area contributed by atoms with Gasteiger partial charge in [-0.05, 0) is 49.2 Å². The van der Waals surface area contributed by atoms with E-state index in [-0.39, 0.29) is 17.4 Å². The summed E-state index contributed by atoms with van der Waals surface area (Å²) in [6.45, 7) is 3.81. The summed E-state index contributed by atoms with van der Waals surface area (Å²) in [5, 5.41) is 13.8. The molecule has 0 atom stereocenters. The van der Waals surface area contributed by atoms with Crippen LogP contribution in [-0.2, 0) is 0 Å². The molecule has 3 rings (SSSR count). The number of amides is 1. The van der Waals surface area contributed by atoms with E-state index in [1.54, 1.807) is 24.3 Å². The Balaban J connectivity index is 1.85. The fourth-order valence-electron chi connectivity index (χ4n) is 2.67. The van der Waals surface area contributed by atoms with Gasteiger partial charge in [-0.25, -0.2) is 0 Å². The third-order valence-corrected chi connectivity index (χ3v) is 4.37. The molecule has 1 amide bonds. The first-order chi connectivity index (χ1) is 12.3. The minimum absolute atomic E-state index is 0.0361. The molecule has 0 radical (unpaired) electrons. The number of nitrogens with one attached hydrogen (secondary N) is 1. The average molecular weight is 415 g/mol. The number of furan rings is 1. The molecule has 1 N–H and O–H groups in total. The summed E-state index contributed by atoms with van der Waals surface area (Å²) in [6, 6.07) is 13.1. The number of carbonyl (C=O) groups excluding carboxylic acids is 1. The Morgan fingerprint density at radius 1 is 1.12 bits per heavy atom. The van der Waals surface area contributed by atoms with Gasteiger partial charge in [0, 0.05) is 27.9 Å². The van der Waals surface area contributed by atoms with Gasteiger partial charge in [0.25, 0.3) is 11.6 Å². The number of rotatable bonds is 4. The molecule has 0 aliphatic rings. The van der Waals surface area contributed by atoms with Crippen molar-refractivity contribution in [2.75, 3.05) is 5.32 Å². The standard InChI is InChI=1S/C19H15BrN2O4/c1-11-8-14(20)9-12(2)18(11)21-19(23)17-7-6-16(26-17)13-4-3-5-15(10-13)22(24)25/h3-10H,1-2H3,(H,21,23). The molecule has 0 aliphatic heterocycles. The Kier molecular flexibility index (Phi) is 4.90. The number of non-ortho nitro benzene ring substituents is 1. The van der Waals surface area contributed by atoms with Crippen LogP contribution < -0.4 is 5.32 Å². The lowest BCUT2D eigenvalue weighted by Crippen LogP contribution is -2.13. The Morgan fingerprint density at radius 3 is 2.46 bits per heavy atom. The van der Waals surface area contributed by atoms with Crippen LogP contribution in [-0.4, -0.2) is 10.8 Å². The van der Waals surface area contributed by atoms with Gasteiger partial charge >= 0.3 is 0 Å². The van der Waals surface area contributed by atoms with Gasteiger partial charge < -0.3 is 9.73 Å². The highest BCUT2D eigenvalue weighted by atomic mass is 79.9. The van der Waals surface area contributed by atoms with E-state index < -0.39 is 4.92 Å². The number of nitro groups is 1. The van der Waals surface area contributed by atoms with Gasteiger partial charge in [0.1, 0.15) is 5.76 Å². The molecule has 0 saturated heterocycles. The lowest BCUT2D eigenvalue weighted by atomic mass is 10.1. The number of nitro benzene ring substituents is 1. The van der Waals surface area contributed by atoms with Gasteiger partial charge in [-0.15, -0.1) is 0 Å². The van der Waals surface area contributed by atoms with Crippen molar-refractivity contribution >= 4 is 33.2 Å². The van der Waals surface area contributed by atoms with Crippen molar-refractivity contribution in [1.82, 2.24) is 0 Å². The monoisotopic (exact) mass is 414 g/mol. The number of carbonyl (C=O) groups is 1. The first-order valence-electron chi connectivity index (χ1n) is 7.78. The Bertz CT molecular complexity index is 987. The number of nitrogens with zero attached hydrogens (tertiary/aromatic N) is 1. The molecule has 132 valence electrons. The quantitative estimate of drug-likeness (QED) is 0.451. The van der Waals surface area contributed by atoms with Crippen molar-refractivity contribution in [3.05, 3.63) is 80.0 Å². The minimum Gasteiger partial charge on any atom is -0.451 e. The maximum absolute atomic E-state index is 12.5. The molecule has 0 aliphatic carbocycles. The van der Waals surface area contributed by atoms with E-state index in [0.717, 1.165) is 21.3 Å². The molecule has 1 heterocycles. The predicted molar refractivity (Wildman–Crippen MR) is 102 cm³/mol. The molecular formula is C19H15BrN2O4. The predicted octanol–water partition coefficient (Wildman–Crippen LogP) is 5.49. The molecule has 1 aromatic heterocycles. The molecule has 0 unspecified atom stereocenters. The van der Waals surface area contributed by atoms with Crippen LogP contribution in [0.5, 0.6) is 0 Å². The summed E-state index contributed by atoms with van der Waals surface area (Å²) in [5.74, 6) is 0.145. The van der Waals surface area contributed by atoms with E-state index >= 15 is 0 Å². The van der Waals surface area contributed by atoms with Crippen LogP contribution in [0.1, 0.15) is 21.7 Å². The summed E-state index contributed by atoms with van der Waals surface area (Å²) in [7, 11) is 0. The summed E-state index contributed by atoms with van der Waals surface area (Å²) >= 11 is 3.42. The van der Waals surface area contributed by atoms with E-state index in [9.17, 15) is 14.9 Å². The smallest absolute Gasteiger partial charge is 0.291 e.